The van der Waals surface area contributed by atoms with Crippen LogP contribution in [0.5, 0.6) is 0 Å². The van der Waals surface area contributed by atoms with E-state index in [2.05, 4.69) is 0 Å². The van der Waals surface area contributed by atoms with Gasteiger partial charge in [0.25, 0.3) is 0 Å². The first-order valence-corrected chi connectivity index (χ1v) is 5.95. The molecule has 0 saturated heterocycles. The van der Waals surface area contributed by atoms with Gasteiger partial charge in [0.15, 0.2) is 6.23 Å². The van der Waals surface area contributed by atoms with E-state index < -0.39 is 8.80 Å². The smallest absolute Gasteiger partial charge is 0.386 e. The maximum absolute atomic E-state index is 8.93. The molecule has 0 bridgehead atoms. The van der Waals surface area contributed by atoms with Crippen LogP contribution in [-0.4, -0.2) is 33.7 Å². The molecule has 0 saturated carbocycles. The van der Waals surface area contributed by atoms with Crippen molar-refractivity contribution in [2.24, 2.45) is 0 Å². The molecule has 73 valence electrons. The van der Waals surface area contributed by atoms with E-state index >= 15 is 0 Å². The number of rotatable bonds is 7. The van der Waals surface area contributed by atoms with E-state index in [4.69, 9.17) is 18.4 Å². The summed E-state index contributed by atoms with van der Waals surface area (Å²) in [4.78, 5) is 0. The zero-order valence-corrected chi connectivity index (χ0v) is 8.87. The number of aliphatic hydroxyl groups excluding tert-OH is 1. The molecule has 0 aliphatic heterocycles. The molecule has 0 aliphatic rings. The molecule has 0 aliphatic carbocycles. The Kier molecular flexibility index (Phi) is 6.59. The highest BCUT2D eigenvalue weighted by Crippen LogP contribution is 2.11. The van der Waals surface area contributed by atoms with E-state index in [-0.39, 0.29) is 0 Å². The van der Waals surface area contributed by atoms with Crippen molar-refractivity contribution in [2.45, 2.75) is 20.8 Å². The Labute approximate surface area is 74.8 Å². The Morgan fingerprint density at radius 3 is 1.50 bits per heavy atom. The molecule has 1 N–H and O–H groups in total. The molecule has 4 nitrogen and oxygen atoms in total. The first kappa shape index (κ1) is 12.1. The van der Waals surface area contributed by atoms with Crippen molar-refractivity contribution < 1.29 is 18.4 Å². The Balaban J connectivity index is 4.06. The molecule has 0 spiro atoms. The first-order chi connectivity index (χ1) is 5.74. The predicted molar refractivity (Wildman–Crippen MR) is 46.9 cm³/mol. The zero-order valence-electron chi connectivity index (χ0n) is 7.87. The van der Waals surface area contributed by atoms with Gasteiger partial charge >= 0.3 is 8.80 Å². The van der Waals surface area contributed by atoms with E-state index in [1.165, 1.54) is 0 Å². The van der Waals surface area contributed by atoms with E-state index in [1.54, 1.807) is 0 Å². The SMILES string of the molecule is CCO[Si]([CH]O)(OCC)OCC. The van der Waals surface area contributed by atoms with Gasteiger partial charge in [0, 0.05) is 19.8 Å². The zero-order chi connectivity index (χ0) is 9.45. The van der Waals surface area contributed by atoms with Gasteiger partial charge < -0.3 is 18.4 Å². The van der Waals surface area contributed by atoms with Crippen LogP contribution in [0.3, 0.4) is 0 Å². The lowest BCUT2D eigenvalue weighted by Gasteiger charge is -2.25. The average molecular weight is 193 g/mol. The second-order valence-corrected chi connectivity index (χ2v) is 4.36. The minimum Gasteiger partial charge on any atom is -0.386 e. The maximum Gasteiger partial charge on any atom is 0.533 e. The monoisotopic (exact) mass is 193 g/mol. The van der Waals surface area contributed by atoms with Crippen molar-refractivity contribution in [3.63, 3.8) is 0 Å². The summed E-state index contributed by atoms with van der Waals surface area (Å²) in [5.74, 6) is 0. The summed E-state index contributed by atoms with van der Waals surface area (Å²) in [6, 6.07) is 0. The van der Waals surface area contributed by atoms with Crippen LogP contribution in [0.25, 0.3) is 0 Å². The van der Waals surface area contributed by atoms with Crippen LogP contribution in [0.4, 0.5) is 0 Å². The number of hydrogen-bond acceptors (Lipinski definition) is 4. The van der Waals surface area contributed by atoms with Crippen molar-refractivity contribution in [3.05, 3.63) is 6.23 Å². The molecule has 0 amide bonds. The topological polar surface area (TPSA) is 47.9 Å². The minimum atomic E-state index is -2.84. The first-order valence-electron chi connectivity index (χ1n) is 4.15. The van der Waals surface area contributed by atoms with Gasteiger partial charge in [-0.05, 0) is 20.8 Å². The highest BCUT2D eigenvalue weighted by Gasteiger charge is 2.40. The van der Waals surface area contributed by atoms with Crippen LogP contribution in [0.1, 0.15) is 20.8 Å². The van der Waals surface area contributed by atoms with E-state index in [9.17, 15) is 0 Å². The summed E-state index contributed by atoms with van der Waals surface area (Å²) in [7, 11) is -2.84. The summed E-state index contributed by atoms with van der Waals surface area (Å²) in [6.07, 6.45) is 0.920. The van der Waals surface area contributed by atoms with Crippen molar-refractivity contribution in [2.75, 3.05) is 19.8 Å². The van der Waals surface area contributed by atoms with Gasteiger partial charge in [-0.25, -0.2) is 0 Å². The maximum atomic E-state index is 8.93. The fraction of sp³-hybridized carbons (Fsp3) is 0.857. The van der Waals surface area contributed by atoms with Crippen molar-refractivity contribution >= 4 is 8.80 Å². The molecule has 0 aromatic carbocycles. The van der Waals surface area contributed by atoms with Gasteiger partial charge in [-0.1, -0.05) is 0 Å². The van der Waals surface area contributed by atoms with Crippen LogP contribution < -0.4 is 0 Å². The second kappa shape index (κ2) is 6.56. The number of aliphatic hydroxyl groups is 1. The molecule has 0 aromatic heterocycles. The molecular weight excluding hydrogens is 176 g/mol. The van der Waals surface area contributed by atoms with Gasteiger partial charge in [-0.2, -0.15) is 0 Å². The van der Waals surface area contributed by atoms with Crippen molar-refractivity contribution in [1.82, 2.24) is 0 Å². The van der Waals surface area contributed by atoms with Crippen LogP contribution >= 0.6 is 0 Å². The highest BCUT2D eigenvalue weighted by molar-refractivity contribution is 6.63. The van der Waals surface area contributed by atoms with Gasteiger partial charge in [-0.3, -0.25) is 0 Å². The Bertz CT molecular complexity index is 92.6. The van der Waals surface area contributed by atoms with Crippen molar-refractivity contribution in [1.29, 1.82) is 0 Å². The number of hydrogen-bond donors (Lipinski definition) is 1. The summed E-state index contributed by atoms with van der Waals surface area (Å²) in [6.45, 7) is 6.94. The Morgan fingerprint density at radius 2 is 1.33 bits per heavy atom. The fourth-order valence-corrected chi connectivity index (χ4v) is 2.52. The lowest BCUT2D eigenvalue weighted by molar-refractivity contribution is 0.0653. The average Bonchev–Trinajstić information content (AvgIpc) is 2.06. The predicted octanol–water partition coefficient (Wildman–Crippen LogP) is 1.11. The minimum absolute atomic E-state index is 0.475. The molecule has 0 heterocycles. The third-order valence-corrected chi connectivity index (χ3v) is 3.58. The lowest BCUT2D eigenvalue weighted by atomic mass is 10.9. The summed E-state index contributed by atoms with van der Waals surface area (Å²) < 4.78 is 15.7. The Morgan fingerprint density at radius 1 is 1.00 bits per heavy atom. The van der Waals surface area contributed by atoms with Crippen LogP contribution in [0.15, 0.2) is 0 Å². The molecule has 1 radical (unpaired) electrons. The van der Waals surface area contributed by atoms with Gasteiger partial charge in [0.05, 0.1) is 0 Å². The molecule has 5 heteroatoms. The molecular formula is C7H17O4Si. The highest BCUT2D eigenvalue weighted by atomic mass is 28.4. The standard InChI is InChI=1S/C7H17O4Si/c1-4-9-12(7-8,10-5-2)11-6-3/h7-8H,4-6H2,1-3H3. The van der Waals surface area contributed by atoms with Gasteiger partial charge in [-0.15, -0.1) is 0 Å². The quantitative estimate of drug-likeness (QED) is 0.615. The lowest BCUT2D eigenvalue weighted by Crippen LogP contribution is -2.47. The third-order valence-electron chi connectivity index (χ3n) is 1.19. The molecule has 0 aromatic rings. The molecule has 0 atom stereocenters. The summed E-state index contributed by atoms with van der Waals surface area (Å²) in [5, 5.41) is 8.93. The molecule has 0 rings (SSSR count). The summed E-state index contributed by atoms with van der Waals surface area (Å²) >= 11 is 0. The molecule has 0 fully saturated rings. The van der Waals surface area contributed by atoms with E-state index in [0.717, 1.165) is 6.23 Å². The molecule has 12 heavy (non-hydrogen) atoms. The van der Waals surface area contributed by atoms with Crippen LogP contribution in [-0.2, 0) is 13.3 Å². The second-order valence-electron chi connectivity index (χ2n) is 2.03. The third kappa shape index (κ3) is 3.64. The van der Waals surface area contributed by atoms with E-state index in [0.29, 0.717) is 19.8 Å². The summed E-state index contributed by atoms with van der Waals surface area (Å²) in [5.41, 5.74) is 0. The normalized spacial score (nSPS) is 12.0. The largest absolute Gasteiger partial charge is 0.533 e. The van der Waals surface area contributed by atoms with Crippen molar-refractivity contribution in [3.8, 4) is 0 Å². The van der Waals surface area contributed by atoms with Gasteiger partial charge in [0.2, 0.25) is 0 Å². The Hall–Kier alpha value is 0.0569. The fourth-order valence-electron chi connectivity index (χ4n) is 0.840. The van der Waals surface area contributed by atoms with Gasteiger partial charge in [0.1, 0.15) is 0 Å². The van der Waals surface area contributed by atoms with Crippen LogP contribution in [0.2, 0.25) is 0 Å². The van der Waals surface area contributed by atoms with E-state index in [1.807, 2.05) is 20.8 Å². The van der Waals surface area contributed by atoms with Crippen LogP contribution in [0, 0.1) is 6.23 Å². The molecule has 0 unspecified atom stereocenters.